The van der Waals surface area contributed by atoms with E-state index in [1.807, 2.05) is 0 Å². The number of benzene rings is 1. The number of amides is 1. The van der Waals surface area contributed by atoms with E-state index in [9.17, 15) is 18.8 Å². The number of fused-ring (bicyclic) bond motifs is 1. The van der Waals surface area contributed by atoms with Gasteiger partial charge in [0.25, 0.3) is 5.91 Å². The predicted molar refractivity (Wildman–Crippen MR) is 80.2 cm³/mol. The van der Waals surface area contributed by atoms with Crippen LogP contribution in [0.2, 0.25) is 0 Å². The van der Waals surface area contributed by atoms with Gasteiger partial charge in [-0.2, -0.15) is 0 Å². The quantitative estimate of drug-likeness (QED) is 0.898. The lowest BCUT2D eigenvalue weighted by atomic mass is 9.90. The molecule has 23 heavy (non-hydrogen) atoms. The fourth-order valence-electron chi connectivity index (χ4n) is 2.33. The summed E-state index contributed by atoms with van der Waals surface area (Å²) in [6.45, 7) is 0. The smallest absolute Gasteiger partial charge is 0.307 e. The van der Waals surface area contributed by atoms with E-state index in [-0.39, 0.29) is 29.3 Å². The number of hydrogen-bond donors (Lipinski definition) is 2. The molecule has 1 heterocycles. The van der Waals surface area contributed by atoms with Crippen LogP contribution in [0.5, 0.6) is 0 Å². The number of aliphatic carboxylic acids is 1. The molecule has 2 aromatic rings. The van der Waals surface area contributed by atoms with Crippen molar-refractivity contribution < 1.29 is 23.9 Å². The van der Waals surface area contributed by atoms with Gasteiger partial charge in [0.05, 0.1) is 16.5 Å². The molecule has 0 fully saturated rings. The Kier molecular flexibility index (Phi) is 3.91. The predicted octanol–water partition coefficient (Wildman–Crippen LogP) is 2.36. The molecule has 1 aliphatic carbocycles. The van der Waals surface area contributed by atoms with Gasteiger partial charge in [0, 0.05) is 18.4 Å². The van der Waals surface area contributed by atoms with Gasteiger partial charge < -0.3 is 5.11 Å². The number of carbonyl (C=O) groups excluding carboxylic acids is 2. The van der Waals surface area contributed by atoms with Crippen LogP contribution < -0.4 is 5.32 Å². The summed E-state index contributed by atoms with van der Waals surface area (Å²) in [5.74, 6) is -3.01. The van der Waals surface area contributed by atoms with E-state index in [2.05, 4.69) is 10.3 Å². The van der Waals surface area contributed by atoms with E-state index in [0.717, 1.165) is 11.3 Å². The van der Waals surface area contributed by atoms with Gasteiger partial charge in [0.2, 0.25) is 0 Å². The molecule has 2 N–H and O–H groups in total. The topological polar surface area (TPSA) is 96.4 Å². The zero-order valence-corrected chi connectivity index (χ0v) is 12.5. The van der Waals surface area contributed by atoms with Gasteiger partial charge in [0.1, 0.15) is 5.82 Å². The molecule has 0 saturated carbocycles. The number of rotatable bonds is 3. The van der Waals surface area contributed by atoms with Crippen LogP contribution in [0.1, 0.15) is 32.1 Å². The van der Waals surface area contributed by atoms with Gasteiger partial charge >= 0.3 is 5.97 Å². The van der Waals surface area contributed by atoms with Crippen molar-refractivity contribution >= 4 is 34.1 Å². The first-order valence-electron chi connectivity index (χ1n) is 6.76. The first-order valence-corrected chi connectivity index (χ1v) is 7.58. The van der Waals surface area contributed by atoms with E-state index in [1.54, 1.807) is 0 Å². The molecular weight excluding hydrogens is 323 g/mol. The minimum Gasteiger partial charge on any atom is -0.481 e. The lowest BCUT2D eigenvalue weighted by Crippen LogP contribution is -2.25. The number of nitrogens with zero attached hydrogens (tertiary/aromatic N) is 1. The number of nitrogens with one attached hydrogen (secondary N) is 1. The second-order valence-electron chi connectivity index (χ2n) is 5.12. The van der Waals surface area contributed by atoms with Crippen LogP contribution in [-0.2, 0) is 11.2 Å². The number of thiazole rings is 1. The Morgan fingerprint density at radius 1 is 1.26 bits per heavy atom. The largest absolute Gasteiger partial charge is 0.481 e. The summed E-state index contributed by atoms with van der Waals surface area (Å²) >= 11 is 1.02. The molecule has 1 aliphatic rings. The molecule has 0 spiro atoms. The molecule has 1 amide bonds. The number of aromatic nitrogens is 1. The summed E-state index contributed by atoms with van der Waals surface area (Å²) in [6, 6.07) is 5.01. The van der Waals surface area contributed by atoms with Crippen molar-refractivity contribution in [2.24, 2.45) is 5.92 Å². The lowest BCUT2D eigenvalue weighted by molar-refractivity contribution is -0.141. The van der Waals surface area contributed by atoms with E-state index >= 15 is 0 Å². The van der Waals surface area contributed by atoms with E-state index < -0.39 is 23.6 Å². The third-order valence-electron chi connectivity index (χ3n) is 3.50. The highest BCUT2D eigenvalue weighted by Gasteiger charge is 2.33. The number of anilines is 1. The van der Waals surface area contributed by atoms with Crippen LogP contribution in [0.3, 0.4) is 0 Å². The Hall–Kier alpha value is -2.61. The van der Waals surface area contributed by atoms with Crippen molar-refractivity contribution in [3.8, 4) is 0 Å². The number of hydrogen-bond acceptors (Lipinski definition) is 5. The highest BCUT2D eigenvalue weighted by molar-refractivity contribution is 7.17. The molecule has 6 nitrogen and oxygen atoms in total. The molecule has 0 radical (unpaired) electrons. The molecule has 1 aromatic carbocycles. The molecule has 3 rings (SSSR count). The molecule has 8 heteroatoms. The van der Waals surface area contributed by atoms with Crippen molar-refractivity contribution in [3.05, 3.63) is 46.2 Å². The first kappa shape index (κ1) is 15.3. The number of ketones is 1. The fourth-order valence-corrected chi connectivity index (χ4v) is 3.27. The lowest BCUT2D eigenvalue weighted by Gasteiger charge is -2.15. The summed E-state index contributed by atoms with van der Waals surface area (Å²) in [5.41, 5.74) is 0.655. The Morgan fingerprint density at radius 3 is 2.61 bits per heavy atom. The third kappa shape index (κ3) is 3.11. The first-order chi connectivity index (χ1) is 10.9. The van der Waals surface area contributed by atoms with Crippen LogP contribution in [-0.4, -0.2) is 27.8 Å². The minimum absolute atomic E-state index is 0.0596. The summed E-state index contributed by atoms with van der Waals surface area (Å²) < 4.78 is 12.8. The van der Waals surface area contributed by atoms with Crippen LogP contribution in [0, 0.1) is 11.7 Å². The number of Topliss-reactive ketones (excluding diaryl/α,β-unsaturated/α-hetero) is 1. The van der Waals surface area contributed by atoms with Crippen molar-refractivity contribution in [2.45, 2.75) is 12.8 Å². The normalized spacial score (nSPS) is 16.7. The molecule has 1 aromatic heterocycles. The minimum atomic E-state index is -1.03. The molecular formula is C15H11FN2O4S. The molecule has 0 saturated heterocycles. The monoisotopic (exact) mass is 334 g/mol. The van der Waals surface area contributed by atoms with Gasteiger partial charge in [0.15, 0.2) is 10.9 Å². The average molecular weight is 334 g/mol. The summed E-state index contributed by atoms with van der Waals surface area (Å²) in [7, 11) is 0. The van der Waals surface area contributed by atoms with Gasteiger partial charge in [-0.05, 0) is 24.3 Å². The van der Waals surface area contributed by atoms with Crippen LogP contribution in [0.4, 0.5) is 9.52 Å². The zero-order valence-electron chi connectivity index (χ0n) is 11.7. The Labute approximate surface area is 134 Å². The summed E-state index contributed by atoms with van der Waals surface area (Å²) in [6.07, 6.45) is 0.106. The maximum absolute atomic E-state index is 12.8. The van der Waals surface area contributed by atoms with Crippen LogP contribution in [0.15, 0.2) is 24.3 Å². The van der Waals surface area contributed by atoms with Crippen LogP contribution >= 0.6 is 11.3 Å². The molecule has 0 bridgehead atoms. The van der Waals surface area contributed by atoms with Crippen molar-refractivity contribution in [1.82, 2.24) is 4.98 Å². The Balaban J connectivity index is 1.79. The molecule has 1 atom stereocenters. The summed E-state index contributed by atoms with van der Waals surface area (Å²) in [4.78, 5) is 39.6. The van der Waals surface area contributed by atoms with Gasteiger partial charge in [-0.3, -0.25) is 19.7 Å². The number of carboxylic acids is 1. The molecule has 1 unspecified atom stereocenters. The molecule has 0 aliphatic heterocycles. The van der Waals surface area contributed by atoms with E-state index in [0.29, 0.717) is 10.6 Å². The van der Waals surface area contributed by atoms with Gasteiger partial charge in [-0.15, -0.1) is 0 Å². The number of halogens is 1. The van der Waals surface area contributed by atoms with Crippen molar-refractivity contribution in [3.63, 3.8) is 0 Å². The van der Waals surface area contributed by atoms with Gasteiger partial charge in [-0.25, -0.2) is 9.37 Å². The van der Waals surface area contributed by atoms with Crippen molar-refractivity contribution in [2.75, 3.05) is 5.32 Å². The number of carboxylic acid groups (broad SMARTS) is 1. The average Bonchev–Trinajstić information content (AvgIpc) is 2.90. The highest BCUT2D eigenvalue weighted by atomic mass is 32.1. The zero-order chi connectivity index (χ0) is 16.6. The van der Waals surface area contributed by atoms with Crippen molar-refractivity contribution in [1.29, 1.82) is 0 Å². The standard InChI is InChI=1S/C15H11FN2O4S/c16-9-3-1-7(2-4-9)13(20)18-15-17-10-5-8(14(21)22)6-11(19)12(10)23-15/h1-4,8H,5-6H2,(H,21,22)(H,17,18,20). The Morgan fingerprint density at radius 2 is 1.96 bits per heavy atom. The Bertz CT molecular complexity index is 800. The molecule has 118 valence electrons. The van der Waals surface area contributed by atoms with E-state index in [4.69, 9.17) is 5.11 Å². The maximum atomic E-state index is 12.8. The highest BCUT2D eigenvalue weighted by Crippen LogP contribution is 2.32. The third-order valence-corrected chi connectivity index (χ3v) is 4.55. The summed E-state index contributed by atoms with van der Waals surface area (Å²) in [5, 5.41) is 11.8. The van der Waals surface area contributed by atoms with Crippen LogP contribution in [0.25, 0.3) is 0 Å². The second-order valence-corrected chi connectivity index (χ2v) is 6.12. The SMILES string of the molecule is O=C(Nc1nc2c(s1)C(=O)CC(C(=O)O)C2)c1ccc(F)cc1. The van der Waals surface area contributed by atoms with E-state index in [1.165, 1.54) is 24.3 Å². The van der Waals surface area contributed by atoms with Gasteiger partial charge in [-0.1, -0.05) is 11.3 Å². The maximum Gasteiger partial charge on any atom is 0.307 e. The fraction of sp³-hybridized carbons (Fsp3) is 0.200. The number of carbonyl (C=O) groups is 3. The second kappa shape index (κ2) is 5.88.